The molecule has 0 aromatic rings. The maximum Gasteiger partial charge on any atom is 0.229 e. The molecule has 1 unspecified atom stereocenters. The Morgan fingerprint density at radius 2 is 1.92 bits per heavy atom. The normalized spacial score (nSPS) is 32.2. The number of hydrogen-bond acceptors (Lipinski definition) is 4. The van der Waals surface area contributed by atoms with E-state index in [4.69, 9.17) is 17.3 Å². The van der Waals surface area contributed by atoms with E-state index in [2.05, 4.69) is 17.5 Å². The Labute approximate surface area is 161 Å². The Balaban J connectivity index is 1.40. The molecule has 0 spiro atoms. The molecule has 0 bridgehead atoms. The highest BCUT2D eigenvalue weighted by Gasteiger charge is 2.40. The van der Waals surface area contributed by atoms with E-state index >= 15 is 0 Å². The fourth-order valence-electron chi connectivity index (χ4n) is 4.60. The van der Waals surface area contributed by atoms with E-state index in [-0.39, 0.29) is 17.2 Å². The van der Waals surface area contributed by atoms with Crippen LogP contribution in [0, 0.1) is 11.3 Å². The highest BCUT2D eigenvalue weighted by atomic mass is 35.5. The van der Waals surface area contributed by atoms with Crippen molar-refractivity contribution < 1.29 is 9.59 Å². The average molecular weight is 380 g/mol. The number of allylic oxidation sites excluding steroid dienone is 4. The number of nitrogens with zero attached hydrogens (tertiary/aromatic N) is 1. The number of imide groups is 1. The van der Waals surface area contributed by atoms with Crippen molar-refractivity contribution in [2.24, 2.45) is 17.1 Å². The van der Waals surface area contributed by atoms with Gasteiger partial charge in [0.2, 0.25) is 11.8 Å². The molecule has 26 heavy (non-hydrogen) atoms. The first-order chi connectivity index (χ1) is 12.5. The summed E-state index contributed by atoms with van der Waals surface area (Å²) in [6.45, 7) is 2.09. The molecule has 3 aliphatic rings. The number of nitrogens with one attached hydrogen (secondary N) is 1. The lowest BCUT2D eigenvalue weighted by molar-refractivity contribution is -0.138. The van der Waals surface area contributed by atoms with E-state index in [1.807, 2.05) is 6.08 Å². The monoisotopic (exact) mass is 379 g/mol. The smallest absolute Gasteiger partial charge is 0.229 e. The maximum absolute atomic E-state index is 11.6. The fourth-order valence-corrected chi connectivity index (χ4v) is 4.84. The van der Waals surface area contributed by atoms with Gasteiger partial charge >= 0.3 is 0 Å². The van der Waals surface area contributed by atoms with Gasteiger partial charge in [-0.25, -0.2) is 0 Å². The summed E-state index contributed by atoms with van der Waals surface area (Å²) in [5.41, 5.74) is 6.36. The van der Waals surface area contributed by atoms with Crippen LogP contribution in [0.15, 0.2) is 23.3 Å². The lowest BCUT2D eigenvalue weighted by atomic mass is 9.63. The van der Waals surface area contributed by atoms with Gasteiger partial charge in [0.15, 0.2) is 0 Å². The third kappa shape index (κ3) is 4.38. The number of amides is 2. The summed E-state index contributed by atoms with van der Waals surface area (Å²) >= 11 is 6.24. The van der Waals surface area contributed by atoms with Crippen LogP contribution >= 0.6 is 11.6 Å². The Hall–Kier alpha value is -1.17. The first-order valence-electron chi connectivity index (χ1n) is 9.83. The molecule has 1 heterocycles. The molecule has 0 radical (unpaired) electrons. The van der Waals surface area contributed by atoms with Crippen molar-refractivity contribution in [3.63, 3.8) is 0 Å². The minimum atomic E-state index is -0.0198. The quantitative estimate of drug-likeness (QED) is 0.526. The maximum atomic E-state index is 11.6. The van der Waals surface area contributed by atoms with Crippen LogP contribution in [0.1, 0.15) is 51.4 Å². The minimum Gasteiger partial charge on any atom is -0.330 e. The van der Waals surface area contributed by atoms with Gasteiger partial charge in [0.25, 0.3) is 0 Å². The Kier molecular flexibility index (Phi) is 6.54. The molecular weight excluding hydrogens is 350 g/mol. The van der Waals surface area contributed by atoms with Crippen LogP contribution in [0.2, 0.25) is 0 Å². The van der Waals surface area contributed by atoms with E-state index in [0.29, 0.717) is 37.9 Å². The van der Waals surface area contributed by atoms with Gasteiger partial charge in [-0.3, -0.25) is 14.5 Å². The summed E-state index contributed by atoms with van der Waals surface area (Å²) < 4.78 is 0. The van der Waals surface area contributed by atoms with Gasteiger partial charge in [-0.2, -0.15) is 0 Å². The minimum absolute atomic E-state index is 0.0198. The van der Waals surface area contributed by atoms with Gasteiger partial charge in [-0.15, -0.1) is 0 Å². The molecule has 1 saturated carbocycles. The Morgan fingerprint density at radius 3 is 2.54 bits per heavy atom. The lowest BCUT2D eigenvalue weighted by Gasteiger charge is -2.45. The van der Waals surface area contributed by atoms with Crippen molar-refractivity contribution in [3.8, 4) is 0 Å². The predicted molar refractivity (Wildman–Crippen MR) is 104 cm³/mol. The summed E-state index contributed by atoms with van der Waals surface area (Å²) in [7, 11) is 0. The largest absolute Gasteiger partial charge is 0.330 e. The highest BCUT2D eigenvalue weighted by Crippen LogP contribution is 2.46. The standard InChI is InChI=1S/C20H30ClN3O2/c21-16-4-1-3-15(13-16)20(14-22)9-7-17(8-10-20)23-11-2-12-24-18(25)5-6-19(24)26/h1,3-4,15,17,23H,2,5-14,22H2/t15?,17-,20-. The predicted octanol–water partition coefficient (Wildman–Crippen LogP) is 2.70. The number of carbonyl (C=O) groups excluding carboxylic acids is 2. The first kappa shape index (κ1) is 19.6. The molecule has 3 rings (SSSR count). The zero-order valence-electron chi connectivity index (χ0n) is 15.4. The van der Waals surface area contributed by atoms with E-state index < -0.39 is 0 Å². The van der Waals surface area contributed by atoms with Gasteiger partial charge in [0.05, 0.1) is 0 Å². The molecule has 1 saturated heterocycles. The second kappa shape index (κ2) is 8.68. The van der Waals surface area contributed by atoms with Gasteiger partial charge in [0.1, 0.15) is 0 Å². The first-order valence-corrected chi connectivity index (χ1v) is 10.2. The van der Waals surface area contributed by atoms with Crippen molar-refractivity contribution >= 4 is 23.4 Å². The lowest BCUT2D eigenvalue weighted by Crippen LogP contribution is -2.45. The summed E-state index contributed by atoms with van der Waals surface area (Å²) in [5, 5.41) is 4.53. The number of hydrogen-bond donors (Lipinski definition) is 2. The molecule has 6 heteroatoms. The third-order valence-corrected chi connectivity index (χ3v) is 6.64. The molecule has 5 nitrogen and oxygen atoms in total. The number of carbonyl (C=O) groups is 2. The third-order valence-electron chi connectivity index (χ3n) is 6.36. The van der Waals surface area contributed by atoms with E-state index in [9.17, 15) is 9.59 Å². The van der Waals surface area contributed by atoms with Crippen molar-refractivity contribution in [2.75, 3.05) is 19.6 Å². The second-order valence-electron chi connectivity index (χ2n) is 7.90. The van der Waals surface area contributed by atoms with Crippen LogP contribution in [0.3, 0.4) is 0 Å². The van der Waals surface area contributed by atoms with E-state index in [1.165, 1.54) is 4.90 Å². The van der Waals surface area contributed by atoms with Crippen molar-refractivity contribution in [3.05, 3.63) is 23.3 Å². The van der Waals surface area contributed by atoms with Crippen molar-refractivity contribution in [1.29, 1.82) is 0 Å². The van der Waals surface area contributed by atoms with Crippen LogP contribution in [-0.4, -0.2) is 42.4 Å². The zero-order chi connectivity index (χ0) is 18.6. The van der Waals surface area contributed by atoms with Crippen LogP contribution in [0.25, 0.3) is 0 Å². The van der Waals surface area contributed by atoms with Crippen molar-refractivity contribution in [2.45, 2.75) is 57.4 Å². The van der Waals surface area contributed by atoms with Crippen molar-refractivity contribution in [1.82, 2.24) is 10.2 Å². The fraction of sp³-hybridized carbons (Fsp3) is 0.700. The van der Waals surface area contributed by atoms with E-state index in [0.717, 1.165) is 50.1 Å². The Bertz CT molecular complexity index is 578. The number of rotatable bonds is 7. The molecule has 2 fully saturated rings. The average Bonchev–Trinajstić information content (AvgIpc) is 2.97. The van der Waals surface area contributed by atoms with Crippen LogP contribution in [-0.2, 0) is 9.59 Å². The molecule has 144 valence electrons. The number of likely N-dealkylation sites (tertiary alicyclic amines) is 1. The zero-order valence-corrected chi connectivity index (χ0v) is 16.1. The SMILES string of the molecule is NC[C@]1(C2C=CC=C(Cl)C2)CC[C@H](NCCCN2C(=O)CCC2=O)CC1. The summed E-state index contributed by atoms with van der Waals surface area (Å²) in [6.07, 6.45) is 13.3. The molecule has 1 aliphatic heterocycles. The molecule has 0 aromatic heterocycles. The number of halogens is 1. The van der Waals surface area contributed by atoms with Gasteiger partial charge in [0, 0.05) is 30.5 Å². The molecule has 1 atom stereocenters. The summed E-state index contributed by atoms with van der Waals surface area (Å²) in [6, 6.07) is 0.498. The van der Waals surface area contributed by atoms with E-state index in [1.54, 1.807) is 0 Å². The summed E-state index contributed by atoms with van der Waals surface area (Å²) in [5.74, 6) is 0.403. The molecule has 0 aromatic carbocycles. The van der Waals surface area contributed by atoms with Gasteiger partial charge < -0.3 is 11.1 Å². The number of nitrogens with two attached hydrogens (primary N) is 1. The van der Waals surface area contributed by atoms with Crippen LogP contribution < -0.4 is 11.1 Å². The van der Waals surface area contributed by atoms with Gasteiger partial charge in [-0.1, -0.05) is 23.8 Å². The molecule has 3 N–H and O–H groups in total. The highest BCUT2D eigenvalue weighted by molar-refractivity contribution is 6.29. The molecule has 2 aliphatic carbocycles. The molecular formula is C20H30ClN3O2. The van der Waals surface area contributed by atoms with Crippen LogP contribution in [0.4, 0.5) is 0 Å². The van der Waals surface area contributed by atoms with Crippen LogP contribution in [0.5, 0.6) is 0 Å². The topological polar surface area (TPSA) is 75.4 Å². The summed E-state index contributed by atoms with van der Waals surface area (Å²) in [4.78, 5) is 24.6. The van der Waals surface area contributed by atoms with Gasteiger partial charge in [-0.05, 0) is 69.0 Å². The second-order valence-corrected chi connectivity index (χ2v) is 8.38. The molecule has 2 amide bonds. The Morgan fingerprint density at radius 1 is 1.23 bits per heavy atom.